The highest BCUT2D eigenvalue weighted by molar-refractivity contribution is 8.01. The number of hydrogen-bond acceptors (Lipinski definition) is 6. The number of sulfone groups is 1. The van der Waals surface area contributed by atoms with Crippen LogP contribution in [-0.4, -0.2) is 41.0 Å². The number of carbonyl (C=O) groups excluding carboxylic acids is 1. The Morgan fingerprint density at radius 1 is 1.60 bits per heavy atom. The highest BCUT2D eigenvalue weighted by Crippen LogP contribution is 2.28. The first kappa shape index (κ1) is 15.0. The van der Waals surface area contributed by atoms with E-state index in [4.69, 9.17) is 0 Å². The van der Waals surface area contributed by atoms with Gasteiger partial charge in [-0.05, 0) is 6.42 Å². The number of aromatic amines is 1. The molecule has 0 spiro atoms. The molecule has 1 atom stereocenters. The summed E-state index contributed by atoms with van der Waals surface area (Å²) < 4.78 is 22.8. The molecule has 1 amide bonds. The van der Waals surface area contributed by atoms with Crippen LogP contribution in [0.2, 0.25) is 0 Å². The number of rotatable bonds is 4. The summed E-state index contributed by atoms with van der Waals surface area (Å²) in [6.45, 7) is 1.70. The van der Waals surface area contributed by atoms with E-state index in [1.807, 2.05) is 0 Å². The average Bonchev–Trinajstić information content (AvgIpc) is 2.67. The van der Waals surface area contributed by atoms with Gasteiger partial charge in [-0.3, -0.25) is 9.59 Å². The number of amides is 1. The Morgan fingerprint density at radius 3 is 2.95 bits per heavy atom. The molecule has 2 heterocycles. The zero-order valence-electron chi connectivity index (χ0n) is 10.9. The second-order valence-corrected chi connectivity index (χ2v) is 8.00. The Bertz CT molecular complexity index is 668. The number of H-pyrrole nitrogens is 1. The van der Waals surface area contributed by atoms with Gasteiger partial charge in [0, 0.05) is 17.7 Å². The molecule has 2 N–H and O–H groups in total. The van der Waals surface area contributed by atoms with Crippen molar-refractivity contribution in [1.29, 1.82) is 0 Å². The molecule has 0 saturated carbocycles. The maximum Gasteiger partial charge on any atom is 0.253 e. The van der Waals surface area contributed by atoms with Gasteiger partial charge in [-0.1, -0.05) is 18.7 Å². The van der Waals surface area contributed by atoms with Crippen LogP contribution in [-0.2, 0) is 14.6 Å². The van der Waals surface area contributed by atoms with Crippen molar-refractivity contribution in [2.24, 2.45) is 0 Å². The average molecular weight is 317 g/mol. The van der Waals surface area contributed by atoms with E-state index in [-0.39, 0.29) is 40.5 Å². The van der Waals surface area contributed by atoms with E-state index < -0.39 is 9.84 Å². The topological polar surface area (TPSA) is 109 Å². The summed E-state index contributed by atoms with van der Waals surface area (Å²) >= 11 is 1.22. The first-order valence-electron chi connectivity index (χ1n) is 6.16. The minimum absolute atomic E-state index is 0.0902. The Hall–Kier alpha value is -1.35. The van der Waals surface area contributed by atoms with Crippen LogP contribution in [0.1, 0.15) is 19.8 Å². The largest absolute Gasteiger partial charge is 0.310 e. The normalized spacial score (nSPS) is 20.8. The standard InChI is InChI=1S/C11H15N3O4S2/c1-2-9(15)12-8-5-10(16)14-11(13-8)19-7-3-4-20(17,18)6-7/h5,7H,2-4,6H2,1H3,(H2,12,13,14,15,16)/t7-/m0/s1. The minimum atomic E-state index is -2.97. The summed E-state index contributed by atoms with van der Waals surface area (Å²) in [5, 5.41) is 2.73. The Morgan fingerprint density at radius 2 is 2.35 bits per heavy atom. The molecular formula is C11H15N3O4S2. The summed E-state index contributed by atoms with van der Waals surface area (Å²) in [5.41, 5.74) is -0.380. The SMILES string of the molecule is CCC(=O)Nc1cc(=O)[nH]c(S[C@H]2CCS(=O)(=O)C2)n1. The molecule has 1 fully saturated rings. The van der Waals surface area contributed by atoms with Crippen molar-refractivity contribution >= 4 is 33.3 Å². The number of aromatic nitrogens is 2. The lowest BCUT2D eigenvalue weighted by molar-refractivity contribution is -0.115. The smallest absolute Gasteiger partial charge is 0.253 e. The Balaban J connectivity index is 2.12. The molecule has 0 aromatic carbocycles. The van der Waals surface area contributed by atoms with Crippen molar-refractivity contribution in [3.8, 4) is 0 Å². The third-order valence-corrected chi connectivity index (χ3v) is 5.91. The molecule has 0 bridgehead atoms. The van der Waals surface area contributed by atoms with Crippen LogP contribution < -0.4 is 10.9 Å². The molecule has 2 rings (SSSR count). The summed E-state index contributed by atoms with van der Waals surface area (Å²) in [4.78, 5) is 29.4. The van der Waals surface area contributed by atoms with E-state index in [1.165, 1.54) is 17.8 Å². The highest BCUT2D eigenvalue weighted by atomic mass is 32.2. The van der Waals surface area contributed by atoms with Gasteiger partial charge in [0.15, 0.2) is 15.0 Å². The maximum atomic E-state index is 11.5. The molecule has 110 valence electrons. The molecule has 1 aliphatic rings. The van der Waals surface area contributed by atoms with Crippen molar-refractivity contribution in [2.75, 3.05) is 16.8 Å². The monoisotopic (exact) mass is 317 g/mol. The van der Waals surface area contributed by atoms with Gasteiger partial charge in [-0.15, -0.1) is 0 Å². The van der Waals surface area contributed by atoms with Crippen molar-refractivity contribution in [3.05, 3.63) is 16.4 Å². The molecule has 0 aliphatic carbocycles. The van der Waals surface area contributed by atoms with Crippen LogP contribution in [0.4, 0.5) is 5.82 Å². The first-order valence-corrected chi connectivity index (χ1v) is 8.86. The van der Waals surface area contributed by atoms with E-state index in [2.05, 4.69) is 15.3 Å². The fourth-order valence-corrected chi connectivity index (χ4v) is 5.25. The number of nitrogens with zero attached hydrogens (tertiary/aromatic N) is 1. The lowest BCUT2D eigenvalue weighted by atomic mass is 10.4. The predicted octanol–water partition coefficient (Wildman–Crippen LogP) is 0.398. The van der Waals surface area contributed by atoms with E-state index in [9.17, 15) is 18.0 Å². The van der Waals surface area contributed by atoms with Crippen LogP contribution in [0.25, 0.3) is 0 Å². The minimum Gasteiger partial charge on any atom is -0.310 e. The quantitative estimate of drug-likeness (QED) is 0.778. The van der Waals surface area contributed by atoms with Gasteiger partial charge in [-0.25, -0.2) is 13.4 Å². The van der Waals surface area contributed by atoms with Crippen LogP contribution in [0.3, 0.4) is 0 Å². The van der Waals surface area contributed by atoms with Crippen LogP contribution in [0.5, 0.6) is 0 Å². The third kappa shape index (κ3) is 4.07. The Labute approximate surface area is 120 Å². The van der Waals surface area contributed by atoms with Gasteiger partial charge in [0.2, 0.25) is 5.91 Å². The summed E-state index contributed by atoms with van der Waals surface area (Å²) in [6, 6.07) is 1.20. The second kappa shape index (κ2) is 5.96. The molecule has 1 aromatic rings. The van der Waals surface area contributed by atoms with Gasteiger partial charge >= 0.3 is 0 Å². The molecule has 20 heavy (non-hydrogen) atoms. The molecule has 1 aliphatic heterocycles. The van der Waals surface area contributed by atoms with Crippen molar-refractivity contribution in [2.45, 2.75) is 30.2 Å². The Kier molecular flexibility index (Phi) is 4.48. The number of thioether (sulfide) groups is 1. The first-order chi connectivity index (χ1) is 9.38. The van der Waals surface area contributed by atoms with Gasteiger partial charge < -0.3 is 10.3 Å². The van der Waals surface area contributed by atoms with Crippen molar-refractivity contribution < 1.29 is 13.2 Å². The van der Waals surface area contributed by atoms with Gasteiger partial charge in [0.05, 0.1) is 11.5 Å². The summed E-state index contributed by atoms with van der Waals surface area (Å²) in [5.74, 6) is 0.208. The van der Waals surface area contributed by atoms with Crippen molar-refractivity contribution in [1.82, 2.24) is 9.97 Å². The second-order valence-electron chi connectivity index (χ2n) is 4.48. The van der Waals surface area contributed by atoms with Crippen LogP contribution in [0.15, 0.2) is 16.0 Å². The molecule has 1 aromatic heterocycles. The van der Waals surface area contributed by atoms with Crippen molar-refractivity contribution in [3.63, 3.8) is 0 Å². The zero-order chi connectivity index (χ0) is 14.8. The van der Waals surface area contributed by atoms with Gasteiger partial charge in [0.1, 0.15) is 5.82 Å². The van der Waals surface area contributed by atoms with E-state index in [0.29, 0.717) is 11.6 Å². The lowest BCUT2D eigenvalue weighted by Gasteiger charge is -2.08. The fraction of sp³-hybridized carbons (Fsp3) is 0.545. The van der Waals surface area contributed by atoms with Crippen LogP contribution in [0, 0.1) is 0 Å². The van der Waals surface area contributed by atoms with E-state index >= 15 is 0 Å². The van der Waals surface area contributed by atoms with Crippen LogP contribution >= 0.6 is 11.8 Å². The zero-order valence-corrected chi connectivity index (χ0v) is 12.5. The van der Waals surface area contributed by atoms with Gasteiger partial charge in [0.25, 0.3) is 5.56 Å². The van der Waals surface area contributed by atoms with E-state index in [0.717, 1.165) is 0 Å². The highest BCUT2D eigenvalue weighted by Gasteiger charge is 2.29. The number of nitrogens with one attached hydrogen (secondary N) is 2. The van der Waals surface area contributed by atoms with E-state index in [1.54, 1.807) is 6.92 Å². The maximum absolute atomic E-state index is 11.5. The lowest BCUT2D eigenvalue weighted by Crippen LogP contribution is -2.16. The number of hydrogen-bond donors (Lipinski definition) is 2. The third-order valence-electron chi connectivity index (χ3n) is 2.78. The predicted molar refractivity (Wildman–Crippen MR) is 76.7 cm³/mol. The summed E-state index contributed by atoms with van der Waals surface area (Å²) in [6.07, 6.45) is 0.833. The molecule has 0 radical (unpaired) electrons. The molecule has 7 nitrogen and oxygen atoms in total. The molecule has 9 heteroatoms. The fourth-order valence-electron chi connectivity index (χ4n) is 1.80. The van der Waals surface area contributed by atoms with Gasteiger partial charge in [-0.2, -0.15) is 0 Å². The number of carbonyl (C=O) groups is 1. The molecular weight excluding hydrogens is 302 g/mol. The molecule has 1 saturated heterocycles. The number of anilines is 1. The molecule has 0 unspecified atom stereocenters. The summed E-state index contributed by atoms with van der Waals surface area (Å²) in [7, 11) is -2.97.